The number of rotatable bonds is 1. The molecule has 0 fully saturated rings. The van der Waals surface area contributed by atoms with E-state index in [1.54, 1.807) is 24.3 Å². The topological polar surface area (TPSA) is 49.7 Å². The smallest absolute Gasteiger partial charge is 0.274 e. The molecule has 2 amide bonds. The summed E-state index contributed by atoms with van der Waals surface area (Å²) in [5.41, 5.74) is -0.129. The average Bonchev–Trinajstić information content (AvgIpc) is 2.79. The van der Waals surface area contributed by atoms with Gasteiger partial charge in [0.15, 0.2) is 0 Å². The van der Waals surface area contributed by atoms with E-state index in [0.717, 1.165) is 17.0 Å². The van der Waals surface area contributed by atoms with E-state index in [4.69, 9.17) is 0 Å². The van der Waals surface area contributed by atoms with Crippen LogP contribution in [-0.2, 0) is 15.8 Å². The monoisotopic (exact) mass is 332 g/mol. The van der Waals surface area contributed by atoms with Crippen LogP contribution in [0.3, 0.4) is 0 Å². The molecule has 0 atom stereocenters. The van der Waals surface area contributed by atoms with Crippen LogP contribution in [0, 0.1) is 0 Å². The van der Waals surface area contributed by atoms with Gasteiger partial charge in [-0.05, 0) is 24.3 Å². The SMILES string of the molecule is CC(=O)N1C(=O)C(=Nc2cccc(C(F)(F)F)c2)c2ccccc21. The normalized spacial score (nSPS) is 15.8. The third-order valence-corrected chi connectivity index (χ3v) is 3.54. The molecule has 4 nitrogen and oxygen atoms in total. The molecule has 0 N–H and O–H groups in total. The van der Waals surface area contributed by atoms with Crippen molar-refractivity contribution in [2.75, 3.05) is 4.90 Å². The van der Waals surface area contributed by atoms with Crippen LogP contribution < -0.4 is 4.90 Å². The van der Waals surface area contributed by atoms with Crippen LogP contribution in [-0.4, -0.2) is 17.5 Å². The van der Waals surface area contributed by atoms with E-state index in [2.05, 4.69) is 4.99 Å². The maximum Gasteiger partial charge on any atom is 0.416 e. The first-order valence-corrected chi connectivity index (χ1v) is 6.99. The molecular formula is C17H11F3N2O2. The number of benzene rings is 2. The highest BCUT2D eigenvalue weighted by molar-refractivity contribution is 6.58. The molecule has 1 aliphatic rings. The Morgan fingerprint density at radius 3 is 2.46 bits per heavy atom. The average molecular weight is 332 g/mol. The number of anilines is 1. The highest BCUT2D eigenvalue weighted by atomic mass is 19.4. The second-order valence-electron chi connectivity index (χ2n) is 5.19. The van der Waals surface area contributed by atoms with Gasteiger partial charge in [0.05, 0.1) is 16.9 Å². The molecule has 0 saturated heterocycles. The number of hydrogen-bond donors (Lipinski definition) is 0. The number of carbonyl (C=O) groups is 2. The molecule has 122 valence electrons. The molecule has 0 saturated carbocycles. The standard InChI is InChI=1S/C17H11F3N2O2/c1-10(23)22-14-8-3-2-7-13(14)15(16(22)24)21-12-6-4-5-11(9-12)17(18,19)20/h2-9H,1H3. The van der Waals surface area contributed by atoms with Crippen molar-refractivity contribution in [2.24, 2.45) is 4.99 Å². The van der Waals surface area contributed by atoms with Crippen molar-refractivity contribution in [1.82, 2.24) is 0 Å². The summed E-state index contributed by atoms with van der Waals surface area (Å²) in [6.45, 7) is 1.24. The Balaban J connectivity index is 2.11. The quantitative estimate of drug-likeness (QED) is 0.799. The van der Waals surface area contributed by atoms with Crippen molar-refractivity contribution in [3.63, 3.8) is 0 Å². The molecule has 0 aromatic heterocycles. The Hall–Kier alpha value is -2.96. The van der Waals surface area contributed by atoms with E-state index in [0.29, 0.717) is 11.3 Å². The van der Waals surface area contributed by atoms with Crippen LogP contribution in [0.25, 0.3) is 0 Å². The highest BCUT2D eigenvalue weighted by Crippen LogP contribution is 2.34. The van der Waals surface area contributed by atoms with Crippen molar-refractivity contribution in [3.05, 3.63) is 59.7 Å². The minimum atomic E-state index is -4.50. The first-order valence-electron chi connectivity index (χ1n) is 6.99. The van der Waals surface area contributed by atoms with E-state index in [1.807, 2.05) is 0 Å². The molecule has 7 heteroatoms. The molecule has 0 aliphatic carbocycles. The summed E-state index contributed by atoms with van der Waals surface area (Å²) >= 11 is 0. The number of halogens is 3. The minimum absolute atomic E-state index is 0.00613. The van der Waals surface area contributed by atoms with Gasteiger partial charge in [-0.3, -0.25) is 9.59 Å². The lowest BCUT2D eigenvalue weighted by atomic mass is 10.1. The lowest BCUT2D eigenvalue weighted by Gasteiger charge is -2.11. The molecule has 24 heavy (non-hydrogen) atoms. The lowest BCUT2D eigenvalue weighted by Crippen LogP contribution is -2.34. The Kier molecular flexibility index (Phi) is 3.71. The minimum Gasteiger partial charge on any atom is -0.274 e. The van der Waals surface area contributed by atoms with E-state index in [-0.39, 0.29) is 11.4 Å². The van der Waals surface area contributed by atoms with Crippen LogP contribution in [0.15, 0.2) is 53.5 Å². The van der Waals surface area contributed by atoms with E-state index >= 15 is 0 Å². The van der Waals surface area contributed by atoms with E-state index in [9.17, 15) is 22.8 Å². The van der Waals surface area contributed by atoms with Crippen molar-refractivity contribution in [1.29, 1.82) is 0 Å². The third-order valence-electron chi connectivity index (χ3n) is 3.54. The number of carbonyl (C=O) groups excluding carboxylic acids is 2. The van der Waals surface area contributed by atoms with Crippen molar-refractivity contribution in [3.8, 4) is 0 Å². The van der Waals surface area contributed by atoms with Crippen LogP contribution in [0.5, 0.6) is 0 Å². The number of nitrogens with zero attached hydrogens (tertiary/aromatic N) is 2. The highest BCUT2D eigenvalue weighted by Gasteiger charge is 2.36. The Labute approximate surface area is 135 Å². The molecule has 0 spiro atoms. The van der Waals surface area contributed by atoms with Gasteiger partial charge >= 0.3 is 6.18 Å². The predicted molar refractivity (Wildman–Crippen MR) is 82.3 cm³/mol. The fraction of sp³-hybridized carbons (Fsp3) is 0.118. The van der Waals surface area contributed by atoms with E-state index < -0.39 is 23.6 Å². The van der Waals surface area contributed by atoms with Gasteiger partial charge in [-0.15, -0.1) is 0 Å². The number of para-hydroxylation sites is 1. The molecule has 3 rings (SSSR count). The second kappa shape index (κ2) is 5.59. The zero-order valence-corrected chi connectivity index (χ0v) is 12.5. The Bertz CT molecular complexity index is 872. The summed E-state index contributed by atoms with van der Waals surface area (Å²) < 4.78 is 38.4. The molecule has 2 aromatic carbocycles. The maximum atomic E-state index is 12.8. The zero-order chi connectivity index (χ0) is 17.5. The summed E-state index contributed by atoms with van der Waals surface area (Å²) in [4.78, 5) is 29.2. The largest absolute Gasteiger partial charge is 0.416 e. The van der Waals surface area contributed by atoms with Crippen molar-refractivity contribution < 1.29 is 22.8 Å². The fourth-order valence-electron chi connectivity index (χ4n) is 2.50. The summed E-state index contributed by atoms with van der Waals surface area (Å²) in [6, 6.07) is 10.9. The van der Waals surface area contributed by atoms with Gasteiger partial charge < -0.3 is 0 Å². The lowest BCUT2D eigenvalue weighted by molar-refractivity contribution is -0.137. The fourth-order valence-corrected chi connectivity index (χ4v) is 2.50. The number of alkyl halides is 3. The summed E-state index contributed by atoms with van der Waals surface area (Å²) in [6.07, 6.45) is -4.50. The number of aliphatic imine (C=N–C) groups is 1. The van der Waals surface area contributed by atoms with Gasteiger partial charge in [-0.1, -0.05) is 24.3 Å². The van der Waals surface area contributed by atoms with Gasteiger partial charge in [0.25, 0.3) is 5.91 Å². The van der Waals surface area contributed by atoms with Gasteiger partial charge in [-0.2, -0.15) is 13.2 Å². The Morgan fingerprint density at radius 2 is 1.79 bits per heavy atom. The summed E-state index contributed by atoms with van der Waals surface area (Å²) in [5, 5.41) is 0. The maximum absolute atomic E-state index is 12.8. The molecular weight excluding hydrogens is 321 g/mol. The second-order valence-corrected chi connectivity index (χ2v) is 5.19. The molecule has 0 bridgehead atoms. The third kappa shape index (κ3) is 2.68. The first kappa shape index (κ1) is 15.9. The Morgan fingerprint density at radius 1 is 1.08 bits per heavy atom. The predicted octanol–water partition coefficient (Wildman–Crippen LogP) is 3.72. The van der Waals surface area contributed by atoms with Crippen LogP contribution >= 0.6 is 0 Å². The van der Waals surface area contributed by atoms with Crippen molar-refractivity contribution >= 4 is 28.9 Å². The number of hydrogen-bond acceptors (Lipinski definition) is 3. The molecule has 1 aliphatic heterocycles. The van der Waals surface area contributed by atoms with E-state index in [1.165, 1.54) is 19.1 Å². The van der Waals surface area contributed by atoms with Gasteiger partial charge in [0, 0.05) is 12.5 Å². The zero-order valence-electron chi connectivity index (χ0n) is 12.5. The molecule has 0 unspecified atom stereocenters. The van der Waals surface area contributed by atoms with Crippen LogP contribution in [0.4, 0.5) is 24.5 Å². The molecule has 0 radical (unpaired) electrons. The van der Waals surface area contributed by atoms with Crippen LogP contribution in [0.2, 0.25) is 0 Å². The first-order chi connectivity index (χ1) is 11.3. The number of imide groups is 1. The molecule has 2 aromatic rings. The van der Waals surface area contributed by atoms with Crippen molar-refractivity contribution in [2.45, 2.75) is 13.1 Å². The summed E-state index contributed by atoms with van der Waals surface area (Å²) in [7, 11) is 0. The van der Waals surface area contributed by atoms with Gasteiger partial charge in [0.1, 0.15) is 5.71 Å². The van der Waals surface area contributed by atoms with Crippen LogP contribution in [0.1, 0.15) is 18.1 Å². The van der Waals surface area contributed by atoms with Gasteiger partial charge in [0.2, 0.25) is 5.91 Å². The van der Waals surface area contributed by atoms with Gasteiger partial charge in [-0.25, -0.2) is 9.89 Å². The summed E-state index contributed by atoms with van der Waals surface area (Å²) in [5.74, 6) is -1.14. The molecule has 1 heterocycles. The number of amides is 2. The number of fused-ring (bicyclic) bond motifs is 1.